The molecule has 30 heavy (non-hydrogen) atoms. The molecule has 2 aromatic carbocycles. The molecule has 2 N–H and O–H groups in total. The lowest BCUT2D eigenvalue weighted by atomic mass is 10.1. The summed E-state index contributed by atoms with van der Waals surface area (Å²) in [6.07, 6.45) is 0. The molecule has 0 aliphatic heterocycles. The summed E-state index contributed by atoms with van der Waals surface area (Å²) >= 11 is 1.30. The van der Waals surface area contributed by atoms with Crippen molar-refractivity contribution in [2.45, 2.75) is 32.5 Å². The molecule has 3 aromatic rings. The second-order valence-corrected chi connectivity index (χ2v) is 8.03. The zero-order valence-electron chi connectivity index (χ0n) is 17.5. The van der Waals surface area contributed by atoms with Gasteiger partial charge in [-0.3, -0.25) is 9.59 Å². The van der Waals surface area contributed by atoms with Gasteiger partial charge in [-0.1, -0.05) is 41.6 Å². The standard InChI is InChI=1S/C22H25N5O2S/c1-14-8-10-17(11-9-14)21(29)23-12-19-25-26-22(27(19)4)30-13-20(28)24-18-7-5-6-15(2)16(18)3/h5-11H,12-13H2,1-4H3,(H,23,29)(H,24,28). The summed E-state index contributed by atoms with van der Waals surface area (Å²) in [5.74, 6) is 0.564. The second kappa shape index (κ2) is 9.58. The normalized spacial score (nSPS) is 10.7. The maximum atomic E-state index is 12.3. The van der Waals surface area contributed by atoms with E-state index in [2.05, 4.69) is 20.8 Å². The Hall–Kier alpha value is -3.13. The van der Waals surface area contributed by atoms with Gasteiger partial charge in [0.15, 0.2) is 11.0 Å². The molecule has 0 atom stereocenters. The molecule has 0 spiro atoms. The highest BCUT2D eigenvalue weighted by molar-refractivity contribution is 7.99. The predicted molar refractivity (Wildman–Crippen MR) is 119 cm³/mol. The van der Waals surface area contributed by atoms with Gasteiger partial charge in [-0.15, -0.1) is 10.2 Å². The lowest BCUT2D eigenvalue weighted by Crippen LogP contribution is -2.24. The summed E-state index contributed by atoms with van der Waals surface area (Å²) in [6.45, 7) is 6.23. The van der Waals surface area contributed by atoms with Gasteiger partial charge >= 0.3 is 0 Å². The number of carbonyl (C=O) groups excluding carboxylic acids is 2. The monoisotopic (exact) mass is 423 g/mol. The van der Waals surface area contributed by atoms with E-state index in [0.717, 1.165) is 22.4 Å². The Morgan fingerprint density at radius 3 is 2.50 bits per heavy atom. The van der Waals surface area contributed by atoms with Crippen molar-refractivity contribution >= 4 is 29.3 Å². The van der Waals surface area contributed by atoms with Crippen molar-refractivity contribution in [3.05, 3.63) is 70.5 Å². The smallest absolute Gasteiger partial charge is 0.251 e. The van der Waals surface area contributed by atoms with E-state index < -0.39 is 0 Å². The summed E-state index contributed by atoms with van der Waals surface area (Å²) < 4.78 is 1.78. The number of thioether (sulfide) groups is 1. The van der Waals surface area contributed by atoms with E-state index in [4.69, 9.17) is 0 Å². The second-order valence-electron chi connectivity index (χ2n) is 7.09. The first-order valence-electron chi connectivity index (χ1n) is 9.57. The third-order valence-electron chi connectivity index (χ3n) is 4.86. The van der Waals surface area contributed by atoms with Crippen LogP contribution in [0.25, 0.3) is 0 Å². The Morgan fingerprint density at radius 1 is 1.03 bits per heavy atom. The summed E-state index contributed by atoms with van der Waals surface area (Å²) in [4.78, 5) is 24.6. The van der Waals surface area contributed by atoms with E-state index in [1.807, 2.05) is 58.2 Å². The first-order valence-corrected chi connectivity index (χ1v) is 10.6. The number of nitrogens with one attached hydrogen (secondary N) is 2. The fourth-order valence-corrected chi connectivity index (χ4v) is 3.52. The zero-order valence-corrected chi connectivity index (χ0v) is 18.3. The Kier molecular flexibility index (Phi) is 6.89. The molecule has 0 radical (unpaired) electrons. The molecule has 8 heteroatoms. The average Bonchev–Trinajstić information content (AvgIpc) is 3.08. The van der Waals surface area contributed by atoms with Crippen LogP contribution in [-0.4, -0.2) is 32.3 Å². The highest BCUT2D eigenvalue weighted by atomic mass is 32.2. The molecule has 0 saturated heterocycles. The van der Waals surface area contributed by atoms with Gasteiger partial charge in [0.1, 0.15) is 0 Å². The van der Waals surface area contributed by atoms with Crippen LogP contribution in [0.4, 0.5) is 5.69 Å². The van der Waals surface area contributed by atoms with E-state index in [1.165, 1.54) is 11.8 Å². The molecule has 0 aliphatic carbocycles. The lowest BCUT2D eigenvalue weighted by Gasteiger charge is -2.10. The van der Waals surface area contributed by atoms with Gasteiger partial charge in [0.2, 0.25) is 5.91 Å². The number of amides is 2. The van der Waals surface area contributed by atoms with Gasteiger partial charge in [0, 0.05) is 18.3 Å². The van der Waals surface area contributed by atoms with Gasteiger partial charge in [0.05, 0.1) is 12.3 Å². The highest BCUT2D eigenvalue weighted by Crippen LogP contribution is 2.20. The molecule has 0 bridgehead atoms. The van der Waals surface area contributed by atoms with Crippen molar-refractivity contribution in [3.63, 3.8) is 0 Å². The zero-order chi connectivity index (χ0) is 21.7. The fraction of sp³-hybridized carbons (Fsp3) is 0.273. The van der Waals surface area contributed by atoms with Crippen LogP contribution in [0.3, 0.4) is 0 Å². The van der Waals surface area contributed by atoms with Crippen LogP contribution >= 0.6 is 11.8 Å². The molecule has 1 heterocycles. The summed E-state index contributed by atoms with van der Waals surface area (Å²) in [6, 6.07) is 13.2. The van der Waals surface area contributed by atoms with Crippen LogP contribution in [0.5, 0.6) is 0 Å². The van der Waals surface area contributed by atoms with Crippen LogP contribution in [-0.2, 0) is 18.4 Å². The van der Waals surface area contributed by atoms with Crippen molar-refractivity contribution in [1.82, 2.24) is 20.1 Å². The number of anilines is 1. The van der Waals surface area contributed by atoms with Crippen molar-refractivity contribution in [3.8, 4) is 0 Å². The number of aryl methyl sites for hydroxylation is 2. The van der Waals surface area contributed by atoms with Gasteiger partial charge in [-0.05, 0) is 50.1 Å². The Bertz CT molecular complexity index is 1060. The average molecular weight is 424 g/mol. The largest absolute Gasteiger partial charge is 0.345 e. The SMILES string of the molecule is Cc1ccc(C(=O)NCc2nnc(SCC(=O)Nc3cccc(C)c3C)n2C)cc1. The van der Waals surface area contributed by atoms with Crippen LogP contribution in [0.1, 0.15) is 32.9 Å². The maximum Gasteiger partial charge on any atom is 0.251 e. The molecular weight excluding hydrogens is 398 g/mol. The number of rotatable bonds is 7. The fourth-order valence-electron chi connectivity index (χ4n) is 2.79. The van der Waals surface area contributed by atoms with Crippen molar-refractivity contribution in [2.24, 2.45) is 7.05 Å². The number of benzene rings is 2. The third-order valence-corrected chi connectivity index (χ3v) is 5.88. The topological polar surface area (TPSA) is 88.9 Å². The molecule has 0 saturated carbocycles. The van der Waals surface area contributed by atoms with Crippen LogP contribution < -0.4 is 10.6 Å². The first-order chi connectivity index (χ1) is 14.3. The molecule has 0 unspecified atom stereocenters. The van der Waals surface area contributed by atoms with E-state index in [1.54, 1.807) is 16.7 Å². The predicted octanol–water partition coefficient (Wildman–Crippen LogP) is 3.40. The van der Waals surface area contributed by atoms with E-state index in [-0.39, 0.29) is 24.1 Å². The quantitative estimate of drug-likeness (QED) is 0.569. The molecular formula is C22H25N5O2S. The minimum atomic E-state index is -0.167. The highest BCUT2D eigenvalue weighted by Gasteiger charge is 2.13. The van der Waals surface area contributed by atoms with E-state index in [9.17, 15) is 9.59 Å². The molecule has 2 amide bonds. The van der Waals surface area contributed by atoms with Gasteiger partial charge < -0.3 is 15.2 Å². The van der Waals surface area contributed by atoms with E-state index in [0.29, 0.717) is 16.5 Å². The molecule has 0 fully saturated rings. The minimum Gasteiger partial charge on any atom is -0.345 e. The maximum absolute atomic E-state index is 12.3. The molecule has 0 aliphatic rings. The summed E-state index contributed by atoms with van der Waals surface area (Å²) in [5.41, 5.74) is 4.70. The van der Waals surface area contributed by atoms with Crippen LogP contribution in [0.2, 0.25) is 0 Å². The van der Waals surface area contributed by atoms with Gasteiger partial charge in [-0.25, -0.2) is 0 Å². The van der Waals surface area contributed by atoms with Crippen LogP contribution in [0, 0.1) is 20.8 Å². The number of nitrogens with zero attached hydrogens (tertiary/aromatic N) is 3. The number of aromatic nitrogens is 3. The Balaban J connectivity index is 1.53. The minimum absolute atomic E-state index is 0.106. The van der Waals surface area contributed by atoms with Crippen molar-refractivity contribution in [1.29, 1.82) is 0 Å². The lowest BCUT2D eigenvalue weighted by molar-refractivity contribution is -0.113. The Morgan fingerprint density at radius 2 is 1.77 bits per heavy atom. The first kappa shape index (κ1) is 21.6. The molecule has 7 nitrogen and oxygen atoms in total. The third kappa shape index (κ3) is 5.27. The number of hydrogen-bond acceptors (Lipinski definition) is 5. The van der Waals surface area contributed by atoms with Gasteiger partial charge in [-0.2, -0.15) is 0 Å². The van der Waals surface area contributed by atoms with E-state index >= 15 is 0 Å². The molecule has 1 aromatic heterocycles. The Labute approximate surface area is 180 Å². The van der Waals surface area contributed by atoms with Crippen LogP contribution in [0.15, 0.2) is 47.6 Å². The molecule has 156 valence electrons. The van der Waals surface area contributed by atoms with Crippen molar-refractivity contribution in [2.75, 3.05) is 11.1 Å². The summed E-state index contributed by atoms with van der Waals surface area (Å²) in [5, 5.41) is 14.7. The summed E-state index contributed by atoms with van der Waals surface area (Å²) in [7, 11) is 1.82. The van der Waals surface area contributed by atoms with Crippen molar-refractivity contribution < 1.29 is 9.59 Å². The number of hydrogen-bond donors (Lipinski definition) is 2. The number of carbonyl (C=O) groups is 2. The molecule has 3 rings (SSSR count). The van der Waals surface area contributed by atoms with Gasteiger partial charge in [0.25, 0.3) is 5.91 Å².